The zero-order valence-electron chi connectivity index (χ0n) is 31.0. The maximum absolute atomic E-state index is 14.5. The van der Waals surface area contributed by atoms with Crippen LogP contribution in [0.25, 0.3) is 0 Å². The van der Waals surface area contributed by atoms with E-state index < -0.39 is 92.2 Å². The van der Waals surface area contributed by atoms with Crippen molar-refractivity contribution in [3.8, 4) is 0 Å². The third kappa shape index (κ3) is 8.95. The van der Waals surface area contributed by atoms with Gasteiger partial charge in [0.05, 0.1) is 18.3 Å². The van der Waals surface area contributed by atoms with Gasteiger partial charge in [-0.05, 0) is 70.6 Å². The number of nitrogens with one attached hydrogen (secondary N) is 3. The van der Waals surface area contributed by atoms with E-state index in [1.165, 1.54) is 20.8 Å². The predicted molar refractivity (Wildman–Crippen MR) is 193 cm³/mol. The van der Waals surface area contributed by atoms with Gasteiger partial charge in [0, 0.05) is 37.5 Å². The van der Waals surface area contributed by atoms with Crippen molar-refractivity contribution in [2.45, 2.75) is 107 Å². The number of hydrogen-bond acceptors (Lipinski definition) is 10. The standard InChI is InChI=1S/C37H47FN6O10S/c1-5-30(45)42-15-7-10-23-18-37(23,33(48)41-55(51,52)25-13-14-25)40-31(46)29-17-24(53-35(50)43-19-22-9-6-11-27(38)26(22)21-43)20-44(29)32(47)28(12-8-16-42)39-34(49)54-36(2,3)4/h5-7,9-11,23-25,28-29H,1,8,12-21H2,2-4H3,(H,39,49)(H,40,46)(H,41,48)/b10-7-/t23-,24-,28+,29+,37-/m1/s1. The minimum absolute atomic E-state index is 0.0175. The molecule has 16 nitrogen and oxygen atoms in total. The Morgan fingerprint density at radius 2 is 1.84 bits per heavy atom. The van der Waals surface area contributed by atoms with Gasteiger partial charge >= 0.3 is 12.2 Å². The molecule has 2 saturated carbocycles. The summed E-state index contributed by atoms with van der Waals surface area (Å²) in [4.78, 5) is 85.6. The van der Waals surface area contributed by atoms with Crippen LogP contribution in [0.5, 0.6) is 0 Å². The van der Waals surface area contributed by atoms with Crippen molar-refractivity contribution in [3.63, 3.8) is 0 Å². The van der Waals surface area contributed by atoms with Crippen LogP contribution >= 0.6 is 0 Å². The molecule has 6 amide bonds. The topological polar surface area (TPSA) is 201 Å². The molecule has 5 atom stereocenters. The van der Waals surface area contributed by atoms with Crippen LogP contribution in [0.15, 0.2) is 43.0 Å². The van der Waals surface area contributed by atoms with E-state index in [1.807, 2.05) is 0 Å². The second-order valence-corrected chi connectivity index (χ2v) is 17.6. The molecule has 2 aliphatic carbocycles. The molecule has 6 rings (SSSR count). The highest BCUT2D eigenvalue weighted by Crippen LogP contribution is 2.46. The number of alkyl carbamates (subject to hydrolysis) is 1. The number of benzene rings is 1. The van der Waals surface area contributed by atoms with Gasteiger partial charge in [-0.1, -0.05) is 30.9 Å². The molecule has 3 aliphatic heterocycles. The number of halogens is 1. The van der Waals surface area contributed by atoms with Gasteiger partial charge in [-0.2, -0.15) is 0 Å². The lowest BCUT2D eigenvalue weighted by molar-refractivity contribution is -0.141. The summed E-state index contributed by atoms with van der Waals surface area (Å²) in [5, 5.41) is 4.61. The molecule has 1 saturated heterocycles. The Morgan fingerprint density at radius 3 is 2.51 bits per heavy atom. The summed E-state index contributed by atoms with van der Waals surface area (Å²) in [5.74, 6) is -3.97. The Bertz CT molecular complexity index is 1910. The lowest BCUT2D eigenvalue weighted by Crippen LogP contribution is -2.58. The largest absolute Gasteiger partial charge is 0.444 e. The smallest absolute Gasteiger partial charge is 0.410 e. The number of nitrogens with zero attached hydrogens (tertiary/aromatic N) is 3. The van der Waals surface area contributed by atoms with Gasteiger partial charge < -0.3 is 29.9 Å². The predicted octanol–water partition coefficient (Wildman–Crippen LogP) is 1.99. The maximum Gasteiger partial charge on any atom is 0.410 e. The van der Waals surface area contributed by atoms with Crippen molar-refractivity contribution < 1.29 is 51.0 Å². The number of hydrogen-bond donors (Lipinski definition) is 3. The Kier molecular flexibility index (Phi) is 11.0. The van der Waals surface area contributed by atoms with Gasteiger partial charge in [0.2, 0.25) is 27.7 Å². The second kappa shape index (κ2) is 15.3. The molecule has 0 spiro atoms. The molecule has 18 heteroatoms. The van der Waals surface area contributed by atoms with E-state index in [-0.39, 0.29) is 58.4 Å². The summed E-state index contributed by atoms with van der Waals surface area (Å²) in [6.45, 7) is 8.52. The normalized spacial score (nSPS) is 27.6. The summed E-state index contributed by atoms with van der Waals surface area (Å²) < 4.78 is 53.5. The van der Waals surface area contributed by atoms with Gasteiger partial charge in [-0.3, -0.25) is 28.8 Å². The van der Waals surface area contributed by atoms with E-state index in [0.29, 0.717) is 24.0 Å². The molecule has 1 aromatic carbocycles. The molecule has 1 aromatic rings. The second-order valence-electron chi connectivity index (χ2n) is 15.7. The third-order valence-corrected chi connectivity index (χ3v) is 12.2. The van der Waals surface area contributed by atoms with Crippen molar-refractivity contribution in [1.29, 1.82) is 0 Å². The van der Waals surface area contributed by atoms with Crippen LogP contribution in [0.2, 0.25) is 0 Å². The minimum Gasteiger partial charge on any atom is -0.444 e. The van der Waals surface area contributed by atoms with Crippen LogP contribution in [-0.2, 0) is 51.8 Å². The summed E-state index contributed by atoms with van der Waals surface area (Å²) in [6, 6.07) is 1.96. The van der Waals surface area contributed by atoms with E-state index >= 15 is 0 Å². The van der Waals surface area contributed by atoms with Gasteiger partial charge in [-0.25, -0.2) is 22.4 Å². The molecule has 0 aromatic heterocycles. The number of carbonyl (C=O) groups excluding carboxylic acids is 6. The van der Waals surface area contributed by atoms with Crippen LogP contribution in [0, 0.1) is 11.7 Å². The first-order valence-electron chi connectivity index (χ1n) is 18.4. The molecule has 0 radical (unpaired) electrons. The van der Waals surface area contributed by atoms with E-state index in [2.05, 4.69) is 21.9 Å². The lowest BCUT2D eigenvalue weighted by Gasteiger charge is -2.30. The minimum atomic E-state index is -4.01. The first-order valence-corrected chi connectivity index (χ1v) is 19.9. The molecule has 3 N–H and O–H groups in total. The highest BCUT2D eigenvalue weighted by Gasteiger charge is 2.62. The third-order valence-electron chi connectivity index (χ3n) is 10.4. The first kappa shape index (κ1) is 39.7. The average Bonchev–Trinajstić information content (AvgIpc) is 3.99. The zero-order valence-corrected chi connectivity index (χ0v) is 31.9. The summed E-state index contributed by atoms with van der Waals surface area (Å²) in [7, 11) is -4.01. The molecule has 0 bridgehead atoms. The summed E-state index contributed by atoms with van der Waals surface area (Å²) in [6.07, 6.45) is 2.57. The van der Waals surface area contributed by atoms with Gasteiger partial charge in [0.25, 0.3) is 5.91 Å². The average molecular weight is 787 g/mol. The monoisotopic (exact) mass is 786 g/mol. The Morgan fingerprint density at radius 1 is 1.09 bits per heavy atom. The van der Waals surface area contributed by atoms with E-state index in [9.17, 15) is 41.6 Å². The van der Waals surface area contributed by atoms with Gasteiger partial charge in [0.15, 0.2) is 0 Å². The zero-order chi connectivity index (χ0) is 39.9. The van der Waals surface area contributed by atoms with E-state index in [4.69, 9.17) is 9.47 Å². The highest BCUT2D eigenvalue weighted by atomic mass is 32.2. The quantitative estimate of drug-likeness (QED) is 0.283. The van der Waals surface area contributed by atoms with E-state index in [0.717, 1.165) is 6.08 Å². The maximum atomic E-state index is 14.5. The highest BCUT2D eigenvalue weighted by molar-refractivity contribution is 7.91. The number of carbonyl (C=O) groups is 6. The lowest BCUT2D eigenvalue weighted by atomic mass is 10.1. The molecular formula is C37H47FN6O10S. The van der Waals surface area contributed by atoms with Crippen LogP contribution < -0.4 is 15.4 Å². The number of fused-ring (bicyclic) bond motifs is 3. The Balaban J connectivity index is 1.29. The van der Waals surface area contributed by atoms with Crippen LogP contribution in [0.3, 0.4) is 0 Å². The molecule has 5 aliphatic rings. The molecule has 3 heterocycles. The molecular weight excluding hydrogens is 740 g/mol. The van der Waals surface area contributed by atoms with Crippen molar-refractivity contribution in [3.05, 3.63) is 60.0 Å². The number of sulfonamides is 1. The summed E-state index contributed by atoms with van der Waals surface area (Å²) in [5.41, 5.74) is -1.64. The van der Waals surface area contributed by atoms with Gasteiger partial charge in [0.1, 0.15) is 35.1 Å². The Labute approximate surface area is 318 Å². The molecule has 0 unspecified atom stereocenters. The van der Waals surface area contributed by atoms with E-state index in [1.54, 1.807) is 45.1 Å². The van der Waals surface area contributed by atoms with Crippen molar-refractivity contribution in [2.75, 3.05) is 19.6 Å². The molecule has 3 fully saturated rings. The fourth-order valence-corrected chi connectivity index (χ4v) is 8.60. The number of rotatable bonds is 6. The first-order chi connectivity index (χ1) is 25.9. The van der Waals surface area contributed by atoms with Crippen LogP contribution in [0.1, 0.15) is 70.4 Å². The molecule has 298 valence electrons. The SMILES string of the molecule is C=CC(=O)N1C/C=C\[C@@H]2C[C@@]2(C(=O)NS(=O)(=O)C2CC2)NC(=O)[C@@H]2C[C@@H](OC(=O)N3Cc4cccc(F)c4C3)CN2C(=O)[C@@H](NC(=O)OC(C)(C)C)CCC1. The van der Waals surface area contributed by atoms with Crippen LogP contribution in [-0.4, -0.2) is 113 Å². The number of amides is 6. The van der Waals surface area contributed by atoms with Crippen LogP contribution in [0.4, 0.5) is 14.0 Å². The Hall–Kier alpha value is -5.00. The van der Waals surface area contributed by atoms with Gasteiger partial charge in [-0.15, -0.1) is 0 Å². The summed E-state index contributed by atoms with van der Waals surface area (Å²) >= 11 is 0. The fraction of sp³-hybridized carbons (Fsp3) is 0.568. The fourth-order valence-electron chi connectivity index (χ4n) is 7.24. The van der Waals surface area contributed by atoms with Crippen molar-refractivity contribution in [2.24, 2.45) is 5.92 Å². The van der Waals surface area contributed by atoms with Crippen molar-refractivity contribution >= 4 is 45.8 Å². The van der Waals surface area contributed by atoms with Crippen molar-refractivity contribution in [1.82, 2.24) is 30.1 Å². The molecule has 55 heavy (non-hydrogen) atoms. The number of ether oxygens (including phenoxy) is 2.